The lowest BCUT2D eigenvalue weighted by atomic mass is 10.1. The number of hydrogen-bond donors (Lipinski definition) is 3. The van der Waals surface area contributed by atoms with Crippen molar-refractivity contribution in [3.63, 3.8) is 0 Å². The zero-order valence-corrected chi connectivity index (χ0v) is 8.86. The molecule has 3 N–H and O–H groups in total. The van der Waals surface area contributed by atoms with E-state index in [-0.39, 0.29) is 25.0 Å². The van der Waals surface area contributed by atoms with Gasteiger partial charge in [-0.25, -0.2) is 4.79 Å². The highest BCUT2D eigenvalue weighted by atomic mass is 16.4. The molecule has 1 aliphatic heterocycles. The van der Waals surface area contributed by atoms with Crippen LogP contribution in [-0.2, 0) is 9.59 Å². The van der Waals surface area contributed by atoms with Gasteiger partial charge < -0.3 is 15.5 Å². The van der Waals surface area contributed by atoms with E-state index in [0.29, 0.717) is 6.54 Å². The van der Waals surface area contributed by atoms with Gasteiger partial charge in [0.25, 0.3) is 0 Å². The first-order valence-electron chi connectivity index (χ1n) is 4.79. The van der Waals surface area contributed by atoms with Crippen molar-refractivity contribution in [2.45, 2.75) is 25.5 Å². The number of carboxylic acids is 1. The maximum atomic E-state index is 11.2. The number of nitrogens with one attached hydrogen (secondary N) is 1. The summed E-state index contributed by atoms with van der Waals surface area (Å²) in [5.41, 5.74) is -1.81. The van der Waals surface area contributed by atoms with Crippen molar-refractivity contribution in [2.24, 2.45) is 0 Å². The standard InChI is InChI=1S/C9H16N2O4/c1-6-3-11(4-7(12)10-6)5-9(2,15)8(13)14/h6,15H,3-5H2,1-2H3,(H,10,12)(H,13,14). The predicted molar refractivity (Wildman–Crippen MR) is 52.3 cm³/mol. The average molecular weight is 216 g/mol. The number of rotatable bonds is 3. The quantitative estimate of drug-likeness (QED) is 0.542. The summed E-state index contributed by atoms with van der Waals surface area (Å²) >= 11 is 0. The van der Waals surface area contributed by atoms with Crippen LogP contribution in [0.5, 0.6) is 0 Å². The van der Waals surface area contributed by atoms with E-state index >= 15 is 0 Å². The van der Waals surface area contributed by atoms with Gasteiger partial charge in [0.05, 0.1) is 6.54 Å². The minimum atomic E-state index is -1.81. The van der Waals surface area contributed by atoms with Crippen molar-refractivity contribution in [1.82, 2.24) is 10.2 Å². The Morgan fingerprint density at radius 3 is 2.80 bits per heavy atom. The van der Waals surface area contributed by atoms with Crippen LogP contribution in [-0.4, -0.2) is 58.3 Å². The topological polar surface area (TPSA) is 89.9 Å². The fourth-order valence-corrected chi connectivity index (χ4v) is 1.64. The van der Waals surface area contributed by atoms with Crippen LogP contribution in [0.4, 0.5) is 0 Å². The molecular formula is C9H16N2O4. The van der Waals surface area contributed by atoms with Crippen LogP contribution >= 0.6 is 0 Å². The summed E-state index contributed by atoms with van der Waals surface area (Å²) in [6.45, 7) is 3.70. The Kier molecular flexibility index (Phi) is 3.31. The molecule has 86 valence electrons. The zero-order chi connectivity index (χ0) is 11.6. The number of carbonyl (C=O) groups is 2. The third kappa shape index (κ3) is 3.17. The van der Waals surface area contributed by atoms with Crippen LogP contribution < -0.4 is 5.32 Å². The van der Waals surface area contributed by atoms with E-state index in [2.05, 4.69) is 5.32 Å². The molecule has 1 heterocycles. The number of amides is 1. The average Bonchev–Trinajstić information content (AvgIpc) is 1.99. The molecule has 0 aromatic heterocycles. The first-order chi connectivity index (χ1) is 6.81. The molecule has 0 aromatic carbocycles. The fourth-order valence-electron chi connectivity index (χ4n) is 1.64. The molecule has 2 unspecified atom stereocenters. The third-order valence-corrected chi connectivity index (χ3v) is 2.30. The number of hydrogen-bond acceptors (Lipinski definition) is 4. The number of β-amino-alcohol motifs (C(OH)–C–C–N with tert-alkyl or cyclic N) is 1. The minimum Gasteiger partial charge on any atom is -0.479 e. The van der Waals surface area contributed by atoms with Gasteiger partial charge in [0, 0.05) is 19.1 Å². The molecule has 0 spiro atoms. The summed E-state index contributed by atoms with van der Waals surface area (Å²) < 4.78 is 0. The van der Waals surface area contributed by atoms with Crippen molar-refractivity contribution >= 4 is 11.9 Å². The van der Waals surface area contributed by atoms with Gasteiger partial charge in [-0.1, -0.05) is 0 Å². The molecule has 0 aliphatic carbocycles. The Morgan fingerprint density at radius 1 is 1.73 bits per heavy atom. The monoisotopic (exact) mass is 216 g/mol. The van der Waals surface area contributed by atoms with E-state index in [1.807, 2.05) is 6.92 Å². The summed E-state index contributed by atoms with van der Waals surface area (Å²) in [6, 6.07) is -0.0177. The maximum Gasteiger partial charge on any atom is 0.336 e. The molecule has 1 fully saturated rings. The van der Waals surface area contributed by atoms with E-state index in [4.69, 9.17) is 5.11 Å². The molecule has 0 bridgehead atoms. The molecule has 15 heavy (non-hydrogen) atoms. The minimum absolute atomic E-state index is 0.0177. The molecule has 1 aliphatic rings. The number of carboxylic acid groups (broad SMARTS) is 1. The largest absolute Gasteiger partial charge is 0.479 e. The van der Waals surface area contributed by atoms with Crippen molar-refractivity contribution in [3.05, 3.63) is 0 Å². The van der Waals surface area contributed by atoms with Crippen LogP contribution in [0.2, 0.25) is 0 Å². The van der Waals surface area contributed by atoms with Crippen LogP contribution in [0, 0.1) is 0 Å². The van der Waals surface area contributed by atoms with Gasteiger partial charge in [0.2, 0.25) is 5.91 Å². The molecule has 0 radical (unpaired) electrons. The van der Waals surface area contributed by atoms with E-state index < -0.39 is 11.6 Å². The maximum absolute atomic E-state index is 11.2. The number of piperazine rings is 1. The van der Waals surface area contributed by atoms with Gasteiger partial charge >= 0.3 is 5.97 Å². The zero-order valence-electron chi connectivity index (χ0n) is 8.86. The van der Waals surface area contributed by atoms with Gasteiger partial charge in [0.15, 0.2) is 5.60 Å². The number of nitrogens with zero attached hydrogens (tertiary/aromatic N) is 1. The van der Waals surface area contributed by atoms with Crippen LogP contribution in [0.15, 0.2) is 0 Å². The Morgan fingerprint density at radius 2 is 2.33 bits per heavy atom. The summed E-state index contributed by atoms with van der Waals surface area (Å²) in [5, 5.41) is 21.0. The highest BCUT2D eigenvalue weighted by Gasteiger charge is 2.34. The highest BCUT2D eigenvalue weighted by Crippen LogP contribution is 2.09. The second-order valence-electron chi connectivity index (χ2n) is 4.22. The van der Waals surface area contributed by atoms with Gasteiger partial charge in [-0.3, -0.25) is 9.69 Å². The molecule has 0 saturated carbocycles. The molecule has 2 atom stereocenters. The lowest BCUT2D eigenvalue weighted by molar-refractivity contribution is -0.159. The third-order valence-electron chi connectivity index (χ3n) is 2.30. The molecule has 6 nitrogen and oxygen atoms in total. The number of carbonyl (C=O) groups excluding carboxylic acids is 1. The van der Waals surface area contributed by atoms with Gasteiger partial charge in [-0.2, -0.15) is 0 Å². The van der Waals surface area contributed by atoms with Crippen molar-refractivity contribution in [1.29, 1.82) is 0 Å². The summed E-state index contributed by atoms with van der Waals surface area (Å²) in [7, 11) is 0. The second kappa shape index (κ2) is 4.16. The van der Waals surface area contributed by atoms with Crippen LogP contribution in [0.1, 0.15) is 13.8 Å². The molecular weight excluding hydrogens is 200 g/mol. The van der Waals surface area contributed by atoms with E-state index in [0.717, 1.165) is 0 Å². The fraction of sp³-hybridized carbons (Fsp3) is 0.778. The predicted octanol–water partition coefficient (Wildman–Crippen LogP) is -1.36. The lowest BCUT2D eigenvalue weighted by Gasteiger charge is -2.34. The first kappa shape index (κ1) is 11.9. The highest BCUT2D eigenvalue weighted by molar-refractivity contribution is 5.80. The molecule has 1 rings (SSSR count). The normalized spacial score (nSPS) is 26.9. The van der Waals surface area contributed by atoms with Crippen molar-refractivity contribution < 1.29 is 19.8 Å². The molecule has 6 heteroatoms. The van der Waals surface area contributed by atoms with Crippen molar-refractivity contribution in [3.8, 4) is 0 Å². The van der Waals surface area contributed by atoms with Gasteiger partial charge in [0.1, 0.15) is 0 Å². The SMILES string of the molecule is CC1CN(CC(C)(O)C(=O)O)CC(=O)N1. The summed E-state index contributed by atoms with van der Waals surface area (Å²) in [5.74, 6) is -1.42. The van der Waals surface area contributed by atoms with E-state index in [1.165, 1.54) is 6.92 Å². The van der Waals surface area contributed by atoms with Crippen LogP contribution in [0.25, 0.3) is 0 Å². The Hall–Kier alpha value is -1.14. The van der Waals surface area contributed by atoms with Gasteiger partial charge in [-0.05, 0) is 13.8 Å². The number of aliphatic carboxylic acids is 1. The molecule has 1 amide bonds. The molecule has 1 saturated heterocycles. The van der Waals surface area contributed by atoms with Crippen molar-refractivity contribution in [2.75, 3.05) is 19.6 Å². The Labute approximate surface area is 87.9 Å². The lowest BCUT2D eigenvalue weighted by Crippen LogP contribution is -2.57. The van der Waals surface area contributed by atoms with Crippen LogP contribution in [0.3, 0.4) is 0 Å². The first-order valence-corrected chi connectivity index (χ1v) is 4.79. The number of aliphatic hydroxyl groups is 1. The second-order valence-corrected chi connectivity index (χ2v) is 4.22. The Balaban J connectivity index is 2.58. The Bertz CT molecular complexity index is 277. The summed E-state index contributed by atoms with van der Waals surface area (Å²) in [6.07, 6.45) is 0. The van der Waals surface area contributed by atoms with Gasteiger partial charge in [-0.15, -0.1) is 0 Å². The smallest absolute Gasteiger partial charge is 0.336 e. The van der Waals surface area contributed by atoms with E-state index in [9.17, 15) is 14.7 Å². The van der Waals surface area contributed by atoms with E-state index in [1.54, 1.807) is 4.90 Å². The summed E-state index contributed by atoms with van der Waals surface area (Å²) in [4.78, 5) is 23.5. The molecule has 0 aromatic rings.